The molecule has 2 aromatic carbocycles. The standard InChI is InChI=1S/C25H26F3NO4/c1-13-9-16-11-20(32-5)21(33-6)12-17(16)24-22(23(25(26,27)28)14(2)29(13)24)15-7-8-18(30-3)19(10-15)31-4/h7-8,10-13H,9H2,1-6H3. The van der Waals surface area contributed by atoms with Gasteiger partial charge in [-0.3, -0.25) is 0 Å². The van der Waals surface area contributed by atoms with Gasteiger partial charge in [0.25, 0.3) is 0 Å². The van der Waals surface area contributed by atoms with E-state index < -0.39 is 11.7 Å². The molecule has 0 fully saturated rings. The van der Waals surface area contributed by atoms with Crippen LogP contribution < -0.4 is 18.9 Å². The van der Waals surface area contributed by atoms with E-state index in [1.165, 1.54) is 28.3 Å². The summed E-state index contributed by atoms with van der Waals surface area (Å²) < 4.78 is 66.7. The predicted octanol–water partition coefficient (Wildman–Crippen LogP) is 6.30. The molecule has 1 atom stereocenters. The zero-order valence-corrected chi connectivity index (χ0v) is 19.4. The van der Waals surface area contributed by atoms with Crippen molar-refractivity contribution in [1.29, 1.82) is 0 Å². The van der Waals surface area contributed by atoms with Crippen LogP contribution in [0.3, 0.4) is 0 Å². The van der Waals surface area contributed by atoms with Crippen LogP contribution in [0.15, 0.2) is 30.3 Å². The van der Waals surface area contributed by atoms with Gasteiger partial charge in [0.2, 0.25) is 0 Å². The van der Waals surface area contributed by atoms with Crippen molar-refractivity contribution < 1.29 is 32.1 Å². The molecular weight excluding hydrogens is 435 g/mol. The molecule has 4 rings (SSSR count). The third kappa shape index (κ3) is 3.57. The summed E-state index contributed by atoms with van der Waals surface area (Å²) in [6.45, 7) is 3.45. The summed E-state index contributed by atoms with van der Waals surface area (Å²) in [6.07, 6.45) is -3.98. The maximum absolute atomic E-state index is 14.5. The van der Waals surface area contributed by atoms with Crippen LogP contribution in [0.1, 0.15) is 29.8 Å². The number of hydrogen-bond acceptors (Lipinski definition) is 4. The first-order valence-electron chi connectivity index (χ1n) is 10.5. The van der Waals surface area contributed by atoms with Crippen LogP contribution >= 0.6 is 0 Å². The number of halogens is 3. The Morgan fingerprint density at radius 3 is 2.00 bits per heavy atom. The van der Waals surface area contributed by atoms with E-state index in [0.717, 1.165) is 5.56 Å². The molecule has 5 nitrogen and oxygen atoms in total. The SMILES string of the molecule is COc1ccc(-c2c(C(F)(F)F)c(C)n3c2-c2cc(OC)c(OC)cc2CC3C)cc1OC. The number of nitrogens with zero attached hydrogens (tertiary/aromatic N) is 1. The van der Waals surface area contributed by atoms with E-state index in [9.17, 15) is 13.2 Å². The normalized spacial score (nSPS) is 15.0. The molecule has 1 aromatic heterocycles. The Bertz CT molecular complexity index is 1210. The van der Waals surface area contributed by atoms with Crippen LogP contribution in [0, 0.1) is 6.92 Å². The highest BCUT2D eigenvalue weighted by molar-refractivity contribution is 5.89. The fourth-order valence-corrected chi connectivity index (χ4v) is 4.86. The number of hydrogen-bond donors (Lipinski definition) is 0. The van der Waals surface area contributed by atoms with Gasteiger partial charge in [0.15, 0.2) is 23.0 Å². The van der Waals surface area contributed by atoms with Crippen LogP contribution in [0.4, 0.5) is 13.2 Å². The number of benzene rings is 2. The minimum Gasteiger partial charge on any atom is -0.493 e. The minimum atomic E-state index is -4.55. The van der Waals surface area contributed by atoms with Gasteiger partial charge in [0, 0.05) is 22.9 Å². The van der Waals surface area contributed by atoms with Crippen molar-refractivity contribution in [2.75, 3.05) is 28.4 Å². The fraction of sp³-hybridized carbons (Fsp3) is 0.360. The average Bonchev–Trinajstić information content (AvgIpc) is 3.11. The summed E-state index contributed by atoms with van der Waals surface area (Å²) >= 11 is 0. The lowest BCUT2D eigenvalue weighted by molar-refractivity contribution is -0.137. The number of aromatic nitrogens is 1. The van der Waals surface area contributed by atoms with Gasteiger partial charge in [0.05, 0.1) is 39.7 Å². The molecule has 0 aliphatic carbocycles. The minimum absolute atomic E-state index is 0.112. The Kier molecular flexibility index (Phi) is 5.72. The Balaban J connectivity index is 2.12. The van der Waals surface area contributed by atoms with Gasteiger partial charge in [0.1, 0.15) is 0 Å². The zero-order chi connectivity index (χ0) is 24.1. The van der Waals surface area contributed by atoms with Crippen molar-refractivity contribution in [2.45, 2.75) is 32.5 Å². The topological polar surface area (TPSA) is 41.9 Å². The maximum atomic E-state index is 14.5. The molecule has 3 aromatic rings. The molecule has 0 spiro atoms. The summed E-state index contributed by atoms with van der Waals surface area (Å²) in [5.41, 5.74) is 2.12. The van der Waals surface area contributed by atoms with Crippen molar-refractivity contribution in [1.82, 2.24) is 4.57 Å². The van der Waals surface area contributed by atoms with Crippen LogP contribution in [-0.4, -0.2) is 33.0 Å². The van der Waals surface area contributed by atoms with Crippen molar-refractivity contribution in [2.24, 2.45) is 0 Å². The summed E-state index contributed by atoms with van der Waals surface area (Å²) in [7, 11) is 6.00. The number of ether oxygens (including phenoxy) is 4. The molecule has 0 bridgehead atoms. The van der Waals surface area contributed by atoms with Crippen LogP contribution in [-0.2, 0) is 12.6 Å². The molecule has 0 N–H and O–H groups in total. The first kappa shape index (κ1) is 22.9. The van der Waals surface area contributed by atoms with E-state index in [-0.39, 0.29) is 17.3 Å². The Hall–Kier alpha value is -3.29. The average molecular weight is 461 g/mol. The third-order valence-electron chi connectivity index (χ3n) is 6.23. The molecule has 176 valence electrons. The molecule has 8 heteroatoms. The highest BCUT2D eigenvalue weighted by Gasteiger charge is 2.42. The lowest BCUT2D eigenvalue weighted by atomic mass is 9.89. The van der Waals surface area contributed by atoms with Crippen LogP contribution in [0.2, 0.25) is 0 Å². The molecule has 2 heterocycles. The van der Waals surface area contributed by atoms with E-state index in [1.807, 2.05) is 13.0 Å². The van der Waals surface area contributed by atoms with E-state index in [1.54, 1.807) is 35.9 Å². The Morgan fingerprint density at radius 1 is 0.848 bits per heavy atom. The number of fused-ring (bicyclic) bond motifs is 3. The van der Waals surface area contributed by atoms with E-state index in [0.29, 0.717) is 46.2 Å². The lowest BCUT2D eigenvalue weighted by Crippen LogP contribution is -2.18. The third-order valence-corrected chi connectivity index (χ3v) is 6.23. The summed E-state index contributed by atoms with van der Waals surface area (Å²) in [5, 5.41) is 0. The van der Waals surface area contributed by atoms with Gasteiger partial charge < -0.3 is 23.5 Å². The zero-order valence-electron chi connectivity index (χ0n) is 19.4. The second kappa shape index (κ2) is 8.24. The largest absolute Gasteiger partial charge is 0.493 e. The molecule has 0 radical (unpaired) electrons. The molecule has 1 aliphatic heterocycles. The Morgan fingerprint density at radius 2 is 1.42 bits per heavy atom. The number of methoxy groups -OCH3 is 4. The number of alkyl halides is 3. The summed E-state index contributed by atoms with van der Waals surface area (Å²) in [4.78, 5) is 0. The molecule has 33 heavy (non-hydrogen) atoms. The summed E-state index contributed by atoms with van der Waals surface area (Å²) in [6, 6.07) is 8.27. The monoisotopic (exact) mass is 461 g/mol. The second-order valence-electron chi connectivity index (χ2n) is 8.04. The maximum Gasteiger partial charge on any atom is 0.418 e. The van der Waals surface area contributed by atoms with E-state index >= 15 is 0 Å². The number of rotatable bonds is 5. The second-order valence-corrected chi connectivity index (χ2v) is 8.04. The van der Waals surface area contributed by atoms with Gasteiger partial charge >= 0.3 is 6.18 Å². The van der Waals surface area contributed by atoms with E-state index in [2.05, 4.69) is 0 Å². The van der Waals surface area contributed by atoms with Crippen molar-refractivity contribution in [3.63, 3.8) is 0 Å². The van der Waals surface area contributed by atoms with Crippen molar-refractivity contribution in [3.05, 3.63) is 47.2 Å². The van der Waals surface area contributed by atoms with Crippen molar-refractivity contribution >= 4 is 0 Å². The molecule has 0 amide bonds. The van der Waals surface area contributed by atoms with Gasteiger partial charge in [-0.15, -0.1) is 0 Å². The fourth-order valence-electron chi connectivity index (χ4n) is 4.86. The van der Waals surface area contributed by atoms with Crippen molar-refractivity contribution in [3.8, 4) is 45.4 Å². The predicted molar refractivity (Wildman–Crippen MR) is 120 cm³/mol. The smallest absolute Gasteiger partial charge is 0.418 e. The molecular formula is C25H26F3NO4. The van der Waals surface area contributed by atoms with Crippen LogP contribution in [0.25, 0.3) is 22.4 Å². The summed E-state index contributed by atoms with van der Waals surface area (Å²) in [5.74, 6) is 1.81. The first-order chi connectivity index (χ1) is 15.7. The molecule has 0 saturated heterocycles. The molecule has 1 unspecified atom stereocenters. The lowest BCUT2D eigenvalue weighted by Gasteiger charge is -2.29. The highest BCUT2D eigenvalue weighted by atomic mass is 19.4. The van der Waals surface area contributed by atoms with E-state index in [4.69, 9.17) is 18.9 Å². The molecule has 0 saturated carbocycles. The van der Waals surface area contributed by atoms with Gasteiger partial charge in [-0.25, -0.2) is 0 Å². The van der Waals surface area contributed by atoms with Gasteiger partial charge in [-0.2, -0.15) is 13.2 Å². The van der Waals surface area contributed by atoms with Gasteiger partial charge in [-0.1, -0.05) is 6.07 Å². The highest BCUT2D eigenvalue weighted by Crippen LogP contribution is 2.52. The quantitative estimate of drug-likeness (QED) is 0.447. The molecule has 1 aliphatic rings. The van der Waals surface area contributed by atoms with Crippen LogP contribution in [0.5, 0.6) is 23.0 Å². The first-order valence-corrected chi connectivity index (χ1v) is 10.5. The Labute approximate surface area is 190 Å². The van der Waals surface area contributed by atoms with Gasteiger partial charge in [-0.05, 0) is 55.7 Å².